The van der Waals surface area contributed by atoms with Crippen molar-refractivity contribution in [2.45, 2.75) is 13.1 Å². The molecule has 2 aromatic rings. The highest BCUT2D eigenvalue weighted by Gasteiger charge is 2.35. The Hall–Kier alpha value is -1.50. The largest absolute Gasteiger partial charge is 0.463 e. The zero-order valence-electron chi connectivity index (χ0n) is 9.68. The van der Waals surface area contributed by atoms with E-state index in [1.165, 1.54) is 6.07 Å². The molecule has 0 aliphatic carbocycles. The first-order valence-corrected chi connectivity index (χ1v) is 6.09. The van der Waals surface area contributed by atoms with E-state index in [9.17, 15) is 18.0 Å². The molecule has 102 valence electrons. The van der Waals surface area contributed by atoms with E-state index < -0.39 is 17.7 Å². The standard InChI is InChI=1S/C12H8BrF3O3/c1-2-18-11(17)8-5-19-10-7(8)3-6(13)4-9(10)12(14,15)16/h3-5H,2H2,1H3. The molecule has 0 spiro atoms. The predicted octanol–water partition coefficient (Wildman–Crippen LogP) is 4.39. The Kier molecular flexibility index (Phi) is 3.58. The van der Waals surface area contributed by atoms with Gasteiger partial charge in [-0.05, 0) is 19.1 Å². The highest BCUT2D eigenvalue weighted by molar-refractivity contribution is 9.10. The predicted molar refractivity (Wildman–Crippen MR) is 64.9 cm³/mol. The number of benzene rings is 1. The van der Waals surface area contributed by atoms with Gasteiger partial charge in [-0.15, -0.1) is 0 Å². The molecule has 0 radical (unpaired) electrons. The number of halogens is 4. The zero-order chi connectivity index (χ0) is 14.2. The van der Waals surface area contributed by atoms with Crippen LogP contribution in [0.25, 0.3) is 11.0 Å². The van der Waals surface area contributed by atoms with E-state index in [-0.39, 0.29) is 27.6 Å². The number of rotatable bonds is 2. The molecule has 3 nitrogen and oxygen atoms in total. The minimum absolute atomic E-state index is 0.0244. The summed E-state index contributed by atoms with van der Waals surface area (Å²) in [5.74, 6) is -0.715. The third-order valence-electron chi connectivity index (χ3n) is 2.44. The molecule has 0 saturated heterocycles. The van der Waals surface area contributed by atoms with Crippen molar-refractivity contribution in [1.29, 1.82) is 0 Å². The second-order valence-corrected chi connectivity index (χ2v) is 4.61. The van der Waals surface area contributed by atoms with Crippen molar-refractivity contribution in [3.8, 4) is 0 Å². The van der Waals surface area contributed by atoms with Gasteiger partial charge in [0.2, 0.25) is 0 Å². The molecule has 0 aliphatic rings. The molecule has 1 aromatic carbocycles. The number of carbonyl (C=O) groups excluding carboxylic acids is 1. The maximum absolute atomic E-state index is 12.9. The Bertz CT molecular complexity index is 631. The molecular weight excluding hydrogens is 329 g/mol. The van der Waals surface area contributed by atoms with Crippen molar-refractivity contribution in [3.63, 3.8) is 0 Å². The molecule has 0 N–H and O–H groups in total. The van der Waals surface area contributed by atoms with Crippen LogP contribution < -0.4 is 0 Å². The Morgan fingerprint density at radius 3 is 2.68 bits per heavy atom. The second kappa shape index (κ2) is 4.88. The first kappa shape index (κ1) is 13.9. The van der Waals surface area contributed by atoms with Gasteiger partial charge >= 0.3 is 12.1 Å². The van der Waals surface area contributed by atoms with Crippen LogP contribution in [0.2, 0.25) is 0 Å². The van der Waals surface area contributed by atoms with Crippen molar-refractivity contribution in [2.24, 2.45) is 0 Å². The summed E-state index contributed by atoms with van der Waals surface area (Å²) >= 11 is 2.99. The third kappa shape index (κ3) is 2.60. The molecule has 0 aliphatic heterocycles. The average Bonchev–Trinajstić information content (AvgIpc) is 2.70. The fourth-order valence-electron chi connectivity index (χ4n) is 1.68. The highest BCUT2D eigenvalue weighted by atomic mass is 79.9. The van der Waals surface area contributed by atoms with Crippen LogP contribution in [0.1, 0.15) is 22.8 Å². The van der Waals surface area contributed by atoms with Crippen LogP contribution in [0.4, 0.5) is 13.2 Å². The zero-order valence-corrected chi connectivity index (χ0v) is 11.3. The molecule has 0 saturated carbocycles. The number of carbonyl (C=O) groups is 1. The van der Waals surface area contributed by atoms with E-state index in [2.05, 4.69) is 15.9 Å². The molecule has 0 atom stereocenters. The van der Waals surface area contributed by atoms with Gasteiger partial charge in [0.15, 0.2) is 0 Å². The fraction of sp³-hybridized carbons (Fsp3) is 0.250. The van der Waals surface area contributed by atoms with Crippen molar-refractivity contribution < 1.29 is 27.1 Å². The first-order chi connectivity index (χ1) is 8.84. The molecule has 0 bridgehead atoms. The Morgan fingerprint density at radius 1 is 1.42 bits per heavy atom. The van der Waals surface area contributed by atoms with E-state index in [0.29, 0.717) is 0 Å². The minimum atomic E-state index is -4.56. The number of esters is 1. The normalized spacial score (nSPS) is 11.8. The highest BCUT2D eigenvalue weighted by Crippen LogP contribution is 2.38. The third-order valence-corrected chi connectivity index (χ3v) is 2.90. The summed E-state index contributed by atoms with van der Waals surface area (Å²) in [4.78, 5) is 11.6. The Labute approximate surface area is 114 Å². The van der Waals surface area contributed by atoms with Crippen molar-refractivity contribution in [3.05, 3.63) is 34.0 Å². The minimum Gasteiger partial charge on any atom is -0.463 e. The lowest BCUT2D eigenvalue weighted by Gasteiger charge is -2.07. The fourth-order valence-corrected chi connectivity index (χ4v) is 2.14. The summed E-state index contributed by atoms with van der Waals surface area (Å²) in [7, 11) is 0. The van der Waals surface area contributed by atoms with Gasteiger partial charge in [0.25, 0.3) is 0 Å². The van der Waals surface area contributed by atoms with E-state index >= 15 is 0 Å². The number of hydrogen-bond donors (Lipinski definition) is 0. The van der Waals surface area contributed by atoms with Gasteiger partial charge in [-0.25, -0.2) is 4.79 Å². The molecule has 0 amide bonds. The second-order valence-electron chi connectivity index (χ2n) is 3.70. The van der Waals surface area contributed by atoms with E-state index in [1.807, 2.05) is 0 Å². The van der Waals surface area contributed by atoms with Gasteiger partial charge in [0, 0.05) is 9.86 Å². The van der Waals surface area contributed by atoms with Gasteiger partial charge in [-0.1, -0.05) is 15.9 Å². The SMILES string of the molecule is CCOC(=O)c1coc2c(C(F)(F)F)cc(Br)cc12. The molecule has 0 fully saturated rings. The lowest BCUT2D eigenvalue weighted by molar-refractivity contribution is -0.136. The van der Waals surface area contributed by atoms with Crippen molar-refractivity contribution >= 4 is 32.9 Å². The van der Waals surface area contributed by atoms with Gasteiger partial charge in [0.05, 0.1) is 12.2 Å². The van der Waals surface area contributed by atoms with Gasteiger partial charge < -0.3 is 9.15 Å². The lowest BCUT2D eigenvalue weighted by atomic mass is 10.1. The van der Waals surface area contributed by atoms with Crippen LogP contribution in [0, 0.1) is 0 Å². The average molecular weight is 337 g/mol. The van der Waals surface area contributed by atoms with Crippen LogP contribution in [-0.4, -0.2) is 12.6 Å². The molecule has 7 heteroatoms. The number of alkyl halides is 3. The van der Waals surface area contributed by atoms with E-state index in [0.717, 1.165) is 12.3 Å². The monoisotopic (exact) mass is 336 g/mol. The van der Waals surface area contributed by atoms with Gasteiger partial charge in [0.1, 0.15) is 17.4 Å². The number of furan rings is 1. The lowest BCUT2D eigenvalue weighted by Crippen LogP contribution is -2.06. The van der Waals surface area contributed by atoms with Crippen LogP contribution in [0.3, 0.4) is 0 Å². The first-order valence-electron chi connectivity index (χ1n) is 5.29. The summed E-state index contributed by atoms with van der Waals surface area (Å²) < 4.78 is 48.4. The van der Waals surface area contributed by atoms with Crippen LogP contribution in [0.15, 0.2) is 27.3 Å². The molecular formula is C12H8BrF3O3. The maximum Gasteiger partial charge on any atom is 0.420 e. The maximum atomic E-state index is 12.9. The van der Waals surface area contributed by atoms with Crippen molar-refractivity contribution in [2.75, 3.05) is 6.61 Å². The summed E-state index contributed by atoms with van der Waals surface area (Å²) in [5, 5.41) is 0.0696. The van der Waals surface area contributed by atoms with E-state index in [4.69, 9.17) is 9.15 Å². The Morgan fingerprint density at radius 2 is 2.11 bits per heavy atom. The topological polar surface area (TPSA) is 39.4 Å². The van der Waals surface area contributed by atoms with Gasteiger partial charge in [-0.3, -0.25) is 0 Å². The van der Waals surface area contributed by atoms with Crippen LogP contribution in [-0.2, 0) is 10.9 Å². The summed E-state index contributed by atoms with van der Waals surface area (Å²) in [5.41, 5.74) is -1.34. The van der Waals surface area contributed by atoms with E-state index in [1.54, 1.807) is 6.92 Å². The quantitative estimate of drug-likeness (QED) is 0.763. The van der Waals surface area contributed by atoms with Gasteiger partial charge in [-0.2, -0.15) is 13.2 Å². The number of fused-ring (bicyclic) bond motifs is 1. The summed E-state index contributed by atoms with van der Waals surface area (Å²) in [6.07, 6.45) is -3.59. The molecule has 0 unspecified atom stereocenters. The number of hydrogen-bond acceptors (Lipinski definition) is 3. The summed E-state index contributed by atoms with van der Waals surface area (Å²) in [6.45, 7) is 1.74. The molecule has 1 heterocycles. The Balaban J connectivity index is 2.67. The van der Waals surface area contributed by atoms with Crippen LogP contribution in [0.5, 0.6) is 0 Å². The smallest absolute Gasteiger partial charge is 0.420 e. The molecule has 2 rings (SSSR count). The summed E-state index contributed by atoms with van der Waals surface area (Å²) in [6, 6.07) is 2.29. The van der Waals surface area contributed by atoms with Crippen molar-refractivity contribution in [1.82, 2.24) is 0 Å². The number of ether oxygens (including phenoxy) is 1. The van der Waals surface area contributed by atoms with Crippen LogP contribution >= 0.6 is 15.9 Å². The molecule has 19 heavy (non-hydrogen) atoms. The molecule has 1 aromatic heterocycles.